The Labute approximate surface area is 167 Å². The molecule has 0 unspecified atom stereocenters. The number of benzene rings is 2. The standard InChI is InChI=1S/C22H19N3O2S/c1-14-7-6-8-15(2)21(14)25(16(3)26)22-23-17(13-28-22)11-12-20-24-18-9-4-5-10-19(18)27-20/h4-13H,1-3H3/b12-11+. The molecule has 0 aliphatic carbocycles. The Morgan fingerprint density at radius 3 is 2.50 bits per heavy atom. The maximum Gasteiger partial charge on any atom is 0.230 e. The molecular formula is C22H19N3O2S. The van der Waals surface area contributed by atoms with Gasteiger partial charge in [0.25, 0.3) is 0 Å². The minimum Gasteiger partial charge on any atom is -0.437 e. The molecule has 0 saturated heterocycles. The van der Waals surface area contributed by atoms with Gasteiger partial charge in [0.05, 0.1) is 11.4 Å². The number of thiazole rings is 1. The van der Waals surface area contributed by atoms with Crippen molar-refractivity contribution in [1.29, 1.82) is 0 Å². The number of para-hydroxylation sites is 3. The molecule has 6 heteroatoms. The number of aromatic nitrogens is 2. The van der Waals surface area contributed by atoms with E-state index in [0.29, 0.717) is 11.0 Å². The Kier molecular flexibility index (Phi) is 4.79. The number of carbonyl (C=O) groups is 1. The Balaban J connectivity index is 1.64. The Morgan fingerprint density at radius 1 is 1.04 bits per heavy atom. The third-order valence-corrected chi connectivity index (χ3v) is 5.23. The highest BCUT2D eigenvalue weighted by Gasteiger charge is 2.21. The van der Waals surface area contributed by atoms with Crippen LogP contribution in [0.2, 0.25) is 0 Å². The number of amides is 1. The molecule has 4 aromatic rings. The zero-order valence-electron chi connectivity index (χ0n) is 15.8. The SMILES string of the molecule is CC(=O)N(c1nc(/C=C/c2nc3ccccc3o2)cs1)c1c(C)cccc1C. The summed E-state index contributed by atoms with van der Waals surface area (Å²) in [4.78, 5) is 23.1. The first kappa shape index (κ1) is 18.1. The maximum atomic E-state index is 12.4. The fourth-order valence-electron chi connectivity index (χ4n) is 3.12. The largest absolute Gasteiger partial charge is 0.437 e. The molecule has 28 heavy (non-hydrogen) atoms. The zero-order chi connectivity index (χ0) is 19.7. The molecule has 0 aliphatic heterocycles. The molecule has 5 nitrogen and oxygen atoms in total. The number of rotatable bonds is 4. The molecule has 0 saturated carbocycles. The van der Waals surface area contributed by atoms with Crippen LogP contribution in [0.1, 0.15) is 29.6 Å². The fraction of sp³-hybridized carbons (Fsp3) is 0.136. The lowest BCUT2D eigenvalue weighted by atomic mass is 10.1. The van der Waals surface area contributed by atoms with Gasteiger partial charge in [-0.1, -0.05) is 30.3 Å². The molecule has 2 aromatic carbocycles. The van der Waals surface area contributed by atoms with E-state index in [4.69, 9.17) is 4.42 Å². The van der Waals surface area contributed by atoms with Crippen molar-refractivity contribution in [2.75, 3.05) is 4.90 Å². The van der Waals surface area contributed by atoms with E-state index in [1.165, 1.54) is 11.3 Å². The number of anilines is 2. The topological polar surface area (TPSA) is 59.2 Å². The highest BCUT2D eigenvalue weighted by molar-refractivity contribution is 7.14. The van der Waals surface area contributed by atoms with Crippen molar-refractivity contribution in [3.05, 3.63) is 70.6 Å². The molecule has 0 N–H and O–H groups in total. The van der Waals surface area contributed by atoms with Crippen molar-refractivity contribution in [3.63, 3.8) is 0 Å². The van der Waals surface area contributed by atoms with Gasteiger partial charge in [-0.15, -0.1) is 11.3 Å². The first-order valence-electron chi connectivity index (χ1n) is 8.89. The predicted octanol–water partition coefficient (Wildman–Crippen LogP) is 5.76. The van der Waals surface area contributed by atoms with Crippen LogP contribution < -0.4 is 4.90 Å². The summed E-state index contributed by atoms with van der Waals surface area (Å²) in [6, 6.07) is 13.6. The van der Waals surface area contributed by atoms with Crippen LogP contribution in [0.25, 0.3) is 23.3 Å². The van der Waals surface area contributed by atoms with Crippen LogP contribution in [0.4, 0.5) is 10.8 Å². The number of nitrogens with zero attached hydrogens (tertiary/aromatic N) is 3. The first-order chi connectivity index (χ1) is 13.5. The van der Waals surface area contributed by atoms with Gasteiger partial charge >= 0.3 is 0 Å². The molecule has 4 rings (SSSR count). The lowest BCUT2D eigenvalue weighted by Gasteiger charge is -2.22. The molecule has 2 heterocycles. The summed E-state index contributed by atoms with van der Waals surface area (Å²) in [5, 5.41) is 2.56. The second-order valence-electron chi connectivity index (χ2n) is 6.50. The van der Waals surface area contributed by atoms with E-state index < -0.39 is 0 Å². The van der Waals surface area contributed by atoms with Crippen LogP contribution in [-0.2, 0) is 4.79 Å². The first-order valence-corrected chi connectivity index (χ1v) is 9.77. The molecule has 0 atom stereocenters. The minimum atomic E-state index is -0.0683. The van der Waals surface area contributed by atoms with Crippen LogP contribution in [0.5, 0.6) is 0 Å². The monoisotopic (exact) mass is 389 g/mol. The fourth-order valence-corrected chi connectivity index (χ4v) is 3.96. The minimum absolute atomic E-state index is 0.0683. The highest BCUT2D eigenvalue weighted by Crippen LogP contribution is 2.34. The van der Waals surface area contributed by atoms with E-state index in [1.807, 2.05) is 67.8 Å². The van der Waals surface area contributed by atoms with Gasteiger partial charge in [0.2, 0.25) is 11.8 Å². The van der Waals surface area contributed by atoms with Crippen molar-refractivity contribution in [3.8, 4) is 0 Å². The van der Waals surface area contributed by atoms with E-state index in [0.717, 1.165) is 33.6 Å². The number of carbonyl (C=O) groups excluding carboxylic acids is 1. The number of aryl methyl sites for hydroxylation is 2. The summed E-state index contributed by atoms with van der Waals surface area (Å²) in [6.07, 6.45) is 3.63. The van der Waals surface area contributed by atoms with Gasteiger partial charge in [-0.25, -0.2) is 9.97 Å². The Morgan fingerprint density at radius 2 is 1.79 bits per heavy atom. The molecule has 0 bridgehead atoms. The second-order valence-corrected chi connectivity index (χ2v) is 7.34. The smallest absolute Gasteiger partial charge is 0.230 e. The third-order valence-electron chi connectivity index (χ3n) is 4.39. The van der Waals surface area contributed by atoms with Gasteiger partial charge in [0, 0.05) is 18.4 Å². The molecule has 0 fully saturated rings. The summed E-state index contributed by atoms with van der Waals surface area (Å²) in [6.45, 7) is 5.56. The maximum absolute atomic E-state index is 12.4. The van der Waals surface area contributed by atoms with Crippen molar-refractivity contribution in [2.24, 2.45) is 0 Å². The molecular weight excluding hydrogens is 370 g/mol. The van der Waals surface area contributed by atoms with Crippen LogP contribution in [-0.4, -0.2) is 15.9 Å². The molecule has 0 spiro atoms. The van der Waals surface area contributed by atoms with Crippen molar-refractivity contribution in [2.45, 2.75) is 20.8 Å². The molecule has 140 valence electrons. The van der Waals surface area contributed by atoms with Crippen LogP contribution in [0.3, 0.4) is 0 Å². The molecule has 1 amide bonds. The molecule has 0 radical (unpaired) electrons. The summed E-state index contributed by atoms with van der Waals surface area (Å²) in [5.41, 5.74) is 5.28. The van der Waals surface area contributed by atoms with Gasteiger partial charge in [0.15, 0.2) is 10.7 Å². The lowest BCUT2D eigenvalue weighted by Crippen LogP contribution is -2.24. The number of hydrogen-bond acceptors (Lipinski definition) is 5. The Bertz CT molecular complexity index is 1140. The van der Waals surface area contributed by atoms with Gasteiger partial charge in [-0.3, -0.25) is 9.69 Å². The number of hydrogen-bond donors (Lipinski definition) is 0. The Hall–Kier alpha value is -3.25. The lowest BCUT2D eigenvalue weighted by molar-refractivity contribution is -0.115. The summed E-state index contributed by atoms with van der Waals surface area (Å²) >= 11 is 1.43. The summed E-state index contributed by atoms with van der Waals surface area (Å²) < 4.78 is 5.70. The van der Waals surface area contributed by atoms with E-state index >= 15 is 0 Å². The summed E-state index contributed by atoms with van der Waals surface area (Å²) in [7, 11) is 0. The van der Waals surface area contributed by atoms with Crippen molar-refractivity contribution in [1.82, 2.24) is 9.97 Å². The number of fused-ring (bicyclic) bond motifs is 1. The zero-order valence-corrected chi connectivity index (χ0v) is 16.7. The van der Waals surface area contributed by atoms with Gasteiger partial charge < -0.3 is 4.42 Å². The predicted molar refractivity (Wildman–Crippen MR) is 114 cm³/mol. The van der Waals surface area contributed by atoms with E-state index in [1.54, 1.807) is 17.9 Å². The van der Waals surface area contributed by atoms with Gasteiger partial charge in [-0.05, 0) is 43.2 Å². The quantitative estimate of drug-likeness (QED) is 0.445. The normalized spacial score (nSPS) is 11.4. The highest BCUT2D eigenvalue weighted by atomic mass is 32.1. The van der Waals surface area contributed by atoms with Gasteiger partial charge in [0.1, 0.15) is 5.52 Å². The van der Waals surface area contributed by atoms with Crippen molar-refractivity contribution < 1.29 is 9.21 Å². The van der Waals surface area contributed by atoms with Crippen LogP contribution in [0.15, 0.2) is 52.3 Å². The van der Waals surface area contributed by atoms with Crippen molar-refractivity contribution >= 4 is 51.3 Å². The summed E-state index contributed by atoms with van der Waals surface area (Å²) in [5.74, 6) is 0.454. The van der Waals surface area contributed by atoms with Gasteiger partial charge in [-0.2, -0.15) is 0 Å². The van der Waals surface area contributed by atoms with E-state index in [2.05, 4.69) is 9.97 Å². The molecule has 2 aromatic heterocycles. The molecule has 0 aliphatic rings. The van der Waals surface area contributed by atoms with Crippen LogP contribution >= 0.6 is 11.3 Å². The average molecular weight is 389 g/mol. The van der Waals surface area contributed by atoms with E-state index in [9.17, 15) is 4.79 Å². The van der Waals surface area contributed by atoms with E-state index in [-0.39, 0.29) is 5.91 Å². The average Bonchev–Trinajstić information content (AvgIpc) is 3.29. The third kappa shape index (κ3) is 3.46. The number of oxazole rings is 1. The second kappa shape index (κ2) is 7.40. The van der Waals surface area contributed by atoms with Crippen LogP contribution in [0, 0.1) is 13.8 Å².